The van der Waals surface area contributed by atoms with Gasteiger partial charge in [-0.15, -0.1) is 0 Å². The third-order valence-corrected chi connectivity index (χ3v) is 4.02. The Balaban J connectivity index is 4.26. The zero-order chi connectivity index (χ0) is 11.9. The Kier molecular flexibility index (Phi) is 7.13. The second kappa shape index (κ2) is 7.19. The quantitative estimate of drug-likeness (QED) is 0.637. The maximum absolute atomic E-state index is 11.9. The van der Waals surface area contributed by atoms with E-state index in [1.54, 1.807) is 4.31 Å². The summed E-state index contributed by atoms with van der Waals surface area (Å²) >= 11 is 0. The van der Waals surface area contributed by atoms with Crippen LogP contribution in [0.25, 0.3) is 0 Å². The van der Waals surface area contributed by atoms with E-state index in [0.29, 0.717) is 25.6 Å². The number of hydrogen-bond donors (Lipinski definition) is 1. The highest BCUT2D eigenvalue weighted by atomic mass is 32.2. The maximum atomic E-state index is 11.9. The van der Waals surface area contributed by atoms with E-state index in [2.05, 4.69) is 5.32 Å². The van der Waals surface area contributed by atoms with Crippen LogP contribution in [0.4, 0.5) is 0 Å². The van der Waals surface area contributed by atoms with Crippen molar-refractivity contribution in [3.05, 3.63) is 0 Å². The molecule has 0 spiro atoms. The summed E-state index contributed by atoms with van der Waals surface area (Å²) in [4.78, 5) is 0. The smallest absolute Gasteiger partial charge is 0.215 e. The van der Waals surface area contributed by atoms with Crippen molar-refractivity contribution in [2.75, 3.05) is 31.9 Å². The molecule has 15 heavy (non-hydrogen) atoms. The van der Waals surface area contributed by atoms with E-state index < -0.39 is 10.0 Å². The Morgan fingerprint density at radius 3 is 2.27 bits per heavy atom. The van der Waals surface area contributed by atoms with Gasteiger partial charge in [-0.1, -0.05) is 27.7 Å². The van der Waals surface area contributed by atoms with Crippen LogP contribution in [0.5, 0.6) is 0 Å². The van der Waals surface area contributed by atoms with E-state index in [-0.39, 0.29) is 5.75 Å². The molecule has 0 rings (SSSR count). The average Bonchev–Trinajstić information content (AvgIpc) is 2.14. The zero-order valence-corrected chi connectivity index (χ0v) is 11.1. The average molecular weight is 236 g/mol. The fourth-order valence-corrected chi connectivity index (χ4v) is 2.93. The first-order valence-electron chi connectivity index (χ1n) is 5.62. The van der Waals surface area contributed by atoms with Gasteiger partial charge < -0.3 is 5.32 Å². The number of nitrogens with zero attached hydrogens (tertiary/aromatic N) is 1. The van der Waals surface area contributed by atoms with Gasteiger partial charge in [-0.05, 0) is 12.5 Å². The number of rotatable bonds is 8. The van der Waals surface area contributed by atoms with Crippen molar-refractivity contribution in [3.63, 3.8) is 0 Å². The van der Waals surface area contributed by atoms with Crippen molar-refractivity contribution in [3.8, 4) is 0 Å². The molecule has 0 aliphatic carbocycles. The monoisotopic (exact) mass is 236 g/mol. The standard InChI is InChI=1S/C10H24N2O2S/c1-5-11-7-8-15(13,14)12(6-2)9-10(3)4/h10-11H,5-9H2,1-4H3. The minimum atomic E-state index is -3.07. The second-order valence-corrected chi connectivity index (χ2v) is 6.10. The molecule has 0 saturated carbocycles. The Morgan fingerprint density at radius 2 is 1.87 bits per heavy atom. The predicted molar refractivity (Wildman–Crippen MR) is 64.4 cm³/mol. The van der Waals surface area contributed by atoms with Crippen LogP contribution in [0.1, 0.15) is 27.7 Å². The lowest BCUT2D eigenvalue weighted by Gasteiger charge is -2.22. The molecule has 0 aromatic rings. The van der Waals surface area contributed by atoms with Gasteiger partial charge in [0.25, 0.3) is 0 Å². The van der Waals surface area contributed by atoms with Gasteiger partial charge in [-0.2, -0.15) is 0 Å². The summed E-state index contributed by atoms with van der Waals surface area (Å²) in [5.74, 6) is 0.570. The molecule has 0 fully saturated rings. The molecule has 0 aliphatic rings. The van der Waals surface area contributed by atoms with Crippen LogP contribution in [0, 0.1) is 5.92 Å². The van der Waals surface area contributed by atoms with Crippen molar-refractivity contribution in [2.45, 2.75) is 27.7 Å². The first kappa shape index (κ1) is 14.9. The highest BCUT2D eigenvalue weighted by Gasteiger charge is 2.20. The molecule has 0 aromatic carbocycles. The SMILES string of the molecule is CCNCCS(=O)(=O)N(CC)CC(C)C. The zero-order valence-electron chi connectivity index (χ0n) is 10.3. The van der Waals surface area contributed by atoms with Crippen LogP contribution < -0.4 is 5.32 Å². The first-order chi connectivity index (χ1) is 6.94. The Hall–Kier alpha value is -0.130. The summed E-state index contributed by atoms with van der Waals surface area (Å²) in [5.41, 5.74) is 0. The van der Waals surface area contributed by atoms with Crippen LogP contribution in [0.3, 0.4) is 0 Å². The molecule has 0 saturated heterocycles. The third-order valence-electron chi connectivity index (χ3n) is 2.10. The Labute approximate surface area is 94.1 Å². The molecule has 1 N–H and O–H groups in total. The van der Waals surface area contributed by atoms with Gasteiger partial charge in [0.2, 0.25) is 10.0 Å². The van der Waals surface area contributed by atoms with Crippen LogP contribution in [0.2, 0.25) is 0 Å². The molecule has 0 aromatic heterocycles. The van der Waals surface area contributed by atoms with Gasteiger partial charge >= 0.3 is 0 Å². The van der Waals surface area contributed by atoms with Crippen LogP contribution in [0.15, 0.2) is 0 Å². The number of sulfonamides is 1. The van der Waals surface area contributed by atoms with Crippen molar-refractivity contribution in [1.82, 2.24) is 9.62 Å². The lowest BCUT2D eigenvalue weighted by atomic mass is 10.2. The largest absolute Gasteiger partial charge is 0.316 e. The minimum Gasteiger partial charge on any atom is -0.316 e. The summed E-state index contributed by atoms with van der Waals surface area (Å²) < 4.78 is 25.3. The van der Waals surface area contributed by atoms with E-state index in [1.807, 2.05) is 27.7 Å². The third kappa shape index (κ3) is 6.12. The molecule has 0 heterocycles. The molecule has 0 unspecified atom stereocenters. The number of nitrogens with one attached hydrogen (secondary N) is 1. The molecule has 92 valence electrons. The number of hydrogen-bond acceptors (Lipinski definition) is 3. The van der Waals surface area contributed by atoms with E-state index in [9.17, 15) is 8.42 Å². The van der Waals surface area contributed by atoms with Crippen LogP contribution in [-0.4, -0.2) is 44.7 Å². The molecular formula is C10H24N2O2S. The molecule has 0 aliphatic heterocycles. The maximum Gasteiger partial charge on any atom is 0.215 e. The molecular weight excluding hydrogens is 212 g/mol. The van der Waals surface area contributed by atoms with E-state index in [0.717, 1.165) is 6.54 Å². The van der Waals surface area contributed by atoms with Crippen LogP contribution >= 0.6 is 0 Å². The van der Waals surface area contributed by atoms with E-state index >= 15 is 0 Å². The summed E-state index contributed by atoms with van der Waals surface area (Å²) in [7, 11) is -3.07. The lowest BCUT2D eigenvalue weighted by molar-refractivity contribution is 0.380. The molecule has 0 amide bonds. The first-order valence-corrected chi connectivity index (χ1v) is 7.23. The normalized spacial score (nSPS) is 12.7. The fourth-order valence-electron chi connectivity index (χ4n) is 1.35. The van der Waals surface area contributed by atoms with Gasteiger partial charge in [-0.25, -0.2) is 12.7 Å². The minimum absolute atomic E-state index is 0.196. The van der Waals surface area contributed by atoms with Crippen molar-refractivity contribution >= 4 is 10.0 Å². The topological polar surface area (TPSA) is 49.4 Å². The Morgan fingerprint density at radius 1 is 1.27 bits per heavy atom. The molecule has 4 nitrogen and oxygen atoms in total. The lowest BCUT2D eigenvalue weighted by Crippen LogP contribution is -2.38. The van der Waals surface area contributed by atoms with Crippen molar-refractivity contribution < 1.29 is 8.42 Å². The van der Waals surface area contributed by atoms with Crippen molar-refractivity contribution in [1.29, 1.82) is 0 Å². The highest BCUT2D eigenvalue weighted by Crippen LogP contribution is 2.05. The van der Waals surface area contributed by atoms with E-state index in [1.165, 1.54) is 0 Å². The van der Waals surface area contributed by atoms with Gasteiger partial charge in [0.1, 0.15) is 0 Å². The molecule has 0 radical (unpaired) electrons. The van der Waals surface area contributed by atoms with Gasteiger partial charge in [0, 0.05) is 19.6 Å². The molecule has 5 heteroatoms. The van der Waals surface area contributed by atoms with Crippen molar-refractivity contribution in [2.24, 2.45) is 5.92 Å². The molecule has 0 atom stereocenters. The van der Waals surface area contributed by atoms with Gasteiger partial charge in [-0.3, -0.25) is 0 Å². The van der Waals surface area contributed by atoms with Gasteiger partial charge in [0.05, 0.1) is 5.75 Å². The summed E-state index contributed by atoms with van der Waals surface area (Å²) in [6.07, 6.45) is 0. The Bertz CT molecular complexity index is 250. The summed E-state index contributed by atoms with van der Waals surface area (Å²) in [5, 5.41) is 3.03. The van der Waals surface area contributed by atoms with E-state index in [4.69, 9.17) is 0 Å². The highest BCUT2D eigenvalue weighted by molar-refractivity contribution is 7.89. The molecule has 0 bridgehead atoms. The van der Waals surface area contributed by atoms with Gasteiger partial charge in [0.15, 0.2) is 0 Å². The second-order valence-electron chi connectivity index (χ2n) is 4.01. The fraction of sp³-hybridized carbons (Fsp3) is 1.00. The predicted octanol–water partition coefficient (Wildman–Crippen LogP) is 0.904. The summed E-state index contributed by atoms with van der Waals surface area (Å²) in [6, 6.07) is 0. The van der Waals surface area contributed by atoms with Crippen LogP contribution in [-0.2, 0) is 10.0 Å². The summed E-state index contributed by atoms with van der Waals surface area (Å²) in [6.45, 7) is 10.4.